The standard InChI is InChI=1S/C18H29N3O7S2/c1-12-9-21(13(2)11-22)18(23)15-8-14(19-29(4,24)25)6-7-16(15)28-17(12)10-20(3)30(5,26)27/h6-8,12-13,17,19,22H,9-11H2,1-5H3/t12-,13+,17-/m1/s1. The van der Waals surface area contributed by atoms with Crippen LogP contribution in [0.1, 0.15) is 24.2 Å². The Morgan fingerprint density at radius 1 is 1.30 bits per heavy atom. The molecule has 3 atom stereocenters. The fourth-order valence-electron chi connectivity index (χ4n) is 3.11. The Bertz CT molecular complexity index is 995. The maximum Gasteiger partial charge on any atom is 0.258 e. The number of hydrogen-bond acceptors (Lipinski definition) is 7. The summed E-state index contributed by atoms with van der Waals surface area (Å²) in [5.74, 6) is -0.438. The highest BCUT2D eigenvalue weighted by Gasteiger charge is 2.34. The van der Waals surface area contributed by atoms with Crippen molar-refractivity contribution in [1.29, 1.82) is 0 Å². The van der Waals surface area contributed by atoms with Crippen molar-refractivity contribution >= 4 is 31.6 Å². The van der Waals surface area contributed by atoms with Crippen molar-refractivity contribution in [3.8, 4) is 5.75 Å². The zero-order valence-corrected chi connectivity index (χ0v) is 19.3. The smallest absolute Gasteiger partial charge is 0.258 e. The maximum atomic E-state index is 13.2. The second kappa shape index (κ2) is 9.08. The Morgan fingerprint density at radius 3 is 2.47 bits per heavy atom. The number of rotatable bonds is 7. The molecule has 1 aromatic carbocycles. The number of carbonyl (C=O) groups excluding carboxylic acids is 1. The van der Waals surface area contributed by atoms with Crippen molar-refractivity contribution in [3.05, 3.63) is 23.8 Å². The summed E-state index contributed by atoms with van der Waals surface area (Å²) in [7, 11) is -5.55. The molecule has 1 heterocycles. The van der Waals surface area contributed by atoms with Gasteiger partial charge in [-0.15, -0.1) is 0 Å². The third-order valence-electron chi connectivity index (χ3n) is 4.97. The van der Waals surface area contributed by atoms with E-state index in [-0.39, 0.29) is 42.6 Å². The second-order valence-electron chi connectivity index (χ2n) is 7.75. The van der Waals surface area contributed by atoms with Crippen LogP contribution in [-0.2, 0) is 20.0 Å². The molecule has 1 aliphatic heterocycles. The normalized spacial score (nSPS) is 21.4. The van der Waals surface area contributed by atoms with Gasteiger partial charge in [0.15, 0.2) is 0 Å². The molecule has 0 saturated heterocycles. The van der Waals surface area contributed by atoms with Gasteiger partial charge in [0.25, 0.3) is 5.91 Å². The van der Waals surface area contributed by atoms with Gasteiger partial charge in [0.1, 0.15) is 11.9 Å². The molecule has 0 unspecified atom stereocenters. The van der Waals surface area contributed by atoms with E-state index in [1.54, 1.807) is 6.92 Å². The molecule has 1 amide bonds. The van der Waals surface area contributed by atoms with E-state index in [0.717, 1.165) is 12.5 Å². The Labute approximate surface area is 177 Å². The summed E-state index contributed by atoms with van der Waals surface area (Å²) in [6, 6.07) is 3.83. The van der Waals surface area contributed by atoms with Crippen molar-refractivity contribution in [3.63, 3.8) is 0 Å². The van der Waals surface area contributed by atoms with Crippen molar-refractivity contribution in [2.45, 2.75) is 26.0 Å². The summed E-state index contributed by atoms with van der Waals surface area (Å²) in [6.45, 7) is 3.58. The quantitative estimate of drug-likeness (QED) is 0.589. The third kappa shape index (κ3) is 6.06. The van der Waals surface area contributed by atoms with Gasteiger partial charge in [-0.2, -0.15) is 0 Å². The largest absolute Gasteiger partial charge is 0.488 e. The summed E-state index contributed by atoms with van der Waals surface area (Å²) in [5.41, 5.74) is 0.325. The zero-order chi connectivity index (χ0) is 22.9. The number of anilines is 1. The molecule has 1 aliphatic rings. The van der Waals surface area contributed by atoms with E-state index in [9.17, 15) is 26.7 Å². The minimum Gasteiger partial charge on any atom is -0.488 e. The van der Waals surface area contributed by atoms with Crippen LogP contribution in [0.15, 0.2) is 18.2 Å². The molecule has 0 bridgehead atoms. The molecule has 1 aromatic rings. The molecule has 0 saturated carbocycles. The highest BCUT2D eigenvalue weighted by Crippen LogP contribution is 2.31. The van der Waals surface area contributed by atoms with Gasteiger partial charge in [-0.25, -0.2) is 21.1 Å². The number of sulfonamides is 2. The van der Waals surface area contributed by atoms with Gasteiger partial charge in [0.05, 0.1) is 37.3 Å². The highest BCUT2D eigenvalue weighted by molar-refractivity contribution is 7.92. The van der Waals surface area contributed by atoms with Crippen LogP contribution in [0.3, 0.4) is 0 Å². The number of benzene rings is 1. The number of aliphatic hydroxyl groups excluding tert-OH is 1. The van der Waals surface area contributed by atoms with Crippen LogP contribution in [0.4, 0.5) is 5.69 Å². The Hall–Kier alpha value is -1.89. The molecular formula is C18H29N3O7S2. The number of carbonyl (C=O) groups is 1. The molecule has 10 nitrogen and oxygen atoms in total. The van der Waals surface area contributed by atoms with Crippen LogP contribution >= 0.6 is 0 Å². The Kier molecular flexibility index (Phi) is 7.38. The van der Waals surface area contributed by atoms with E-state index < -0.39 is 38.1 Å². The molecule has 12 heteroatoms. The Morgan fingerprint density at radius 2 is 1.93 bits per heavy atom. The van der Waals surface area contributed by atoms with Gasteiger partial charge >= 0.3 is 0 Å². The van der Waals surface area contributed by atoms with Crippen molar-refractivity contribution < 1.29 is 31.5 Å². The molecule has 0 radical (unpaired) electrons. The predicted octanol–water partition coefficient (Wildman–Crippen LogP) is 0.170. The molecule has 170 valence electrons. The van der Waals surface area contributed by atoms with Gasteiger partial charge in [-0.05, 0) is 25.1 Å². The molecule has 0 spiro atoms. The van der Waals surface area contributed by atoms with E-state index in [1.165, 1.54) is 34.5 Å². The number of amides is 1. The van der Waals surface area contributed by atoms with E-state index in [2.05, 4.69) is 4.72 Å². The number of likely N-dealkylation sites (N-methyl/N-ethyl adjacent to an activating group) is 1. The van der Waals surface area contributed by atoms with Gasteiger partial charge in [0, 0.05) is 25.2 Å². The van der Waals surface area contributed by atoms with Crippen LogP contribution < -0.4 is 9.46 Å². The summed E-state index contributed by atoms with van der Waals surface area (Å²) in [4.78, 5) is 14.7. The average molecular weight is 464 g/mol. The van der Waals surface area contributed by atoms with Gasteiger partial charge in [0.2, 0.25) is 20.0 Å². The average Bonchev–Trinajstić information content (AvgIpc) is 2.62. The number of nitrogens with one attached hydrogen (secondary N) is 1. The third-order valence-corrected chi connectivity index (χ3v) is 6.86. The predicted molar refractivity (Wildman–Crippen MR) is 114 cm³/mol. The van der Waals surface area contributed by atoms with Crippen LogP contribution in [0, 0.1) is 5.92 Å². The maximum absolute atomic E-state index is 13.2. The van der Waals surface area contributed by atoms with E-state index >= 15 is 0 Å². The second-order valence-corrected chi connectivity index (χ2v) is 11.6. The van der Waals surface area contributed by atoms with E-state index in [0.29, 0.717) is 0 Å². The number of nitrogens with zero attached hydrogens (tertiary/aromatic N) is 2. The number of fused-ring (bicyclic) bond motifs is 1. The van der Waals surface area contributed by atoms with Crippen LogP contribution in [-0.4, -0.2) is 88.5 Å². The summed E-state index contributed by atoms with van der Waals surface area (Å²) in [6.07, 6.45) is 1.53. The molecule has 2 rings (SSSR count). The van der Waals surface area contributed by atoms with Crippen LogP contribution in [0.5, 0.6) is 5.75 Å². The monoisotopic (exact) mass is 463 g/mol. The number of ether oxygens (including phenoxy) is 1. The SMILES string of the molecule is C[C@@H]1CN([C@@H](C)CO)C(=O)c2cc(NS(C)(=O)=O)ccc2O[C@@H]1CN(C)S(C)(=O)=O. The molecule has 0 fully saturated rings. The minimum atomic E-state index is -3.55. The van der Waals surface area contributed by atoms with Crippen molar-refractivity contribution in [2.24, 2.45) is 5.92 Å². The van der Waals surface area contributed by atoms with Crippen molar-refractivity contribution in [1.82, 2.24) is 9.21 Å². The topological polar surface area (TPSA) is 133 Å². The zero-order valence-electron chi connectivity index (χ0n) is 17.7. The number of aliphatic hydroxyl groups is 1. The summed E-state index contributed by atoms with van der Waals surface area (Å²) < 4.78 is 56.4. The first-order chi connectivity index (χ1) is 13.7. The first-order valence-corrected chi connectivity index (χ1v) is 13.1. The van der Waals surface area contributed by atoms with Gasteiger partial charge in [-0.3, -0.25) is 9.52 Å². The fourth-order valence-corrected chi connectivity index (χ4v) is 4.08. The molecule has 30 heavy (non-hydrogen) atoms. The van der Waals surface area contributed by atoms with E-state index in [1.807, 2.05) is 6.92 Å². The Balaban J connectivity index is 2.52. The lowest BCUT2D eigenvalue weighted by atomic mass is 9.99. The van der Waals surface area contributed by atoms with Crippen LogP contribution in [0.2, 0.25) is 0 Å². The fraction of sp³-hybridized carbons (Fsp3) is 0.611. The molecule has 2 N–H and O–H groups in total. The lowest BCUT2D eigenvalue weighted by Gasteiger charge is -2.38. The summed E-state index contributed by atoms with van der Waals surface area (Å²) >= 11 is 0. The van der Waals surface area contributed by atoms with Gasteiger partial charge < -0.3 is 14.7 Å². The van der Waals surface area contributed by atoms with Gasteiger partial charge in [-0.1, -0.05) is 6.92 Å². The lowest BCUT2D eigenvalue weighted by Crippen LogP contribution is -2.50. The highest BCUT2D eigenvalue weighted by atomic mass is 32.2. The molecule has 0 aliphatic carbocycles. The minimum absolute atomic E-state index is 0.0678. The molecule has 0 aromatic heterocycles. The van der Waals surface area contributed by atoms with E-state index in [4.69, 9.17) is 4.74 Å². The van der Waals surface area contributed by atoms with Crippen LogP contribution in [0.25, 0.3) is 0 Å². The first-order valence-electron chi connectivity index (χ1n) is 9.34. The first kappa shape index (κ1) is 24.4. The summed E-state index contributed by atoms with van der Waals surface area (Å²) in [5, 5.41) is 9.62. The molecular weight excluding hydrogens is 434 g/mol. The van der Waals surface area contributed by atoms with Crippen molar-refractivity contribution in [2.75, 3.05) is 44.0 Å². The number of hydrogen-bond donors (Lipinski definition) is 2. The lowest BCUT2D eigenvalue weighted by molar-refractivity contribution is 0.0387.